The zero-order valence-electron chi connectivity index (χ0n) is 7.06. The molecule has 0 fully saturated rings. The van der Waals surface area contributed by atoms with Gasteiger partial charge < -0.3 is 22.4 Å². The molecule has 0 heterocycles. The molecule has 0 atom stereocenters. The van der Waals surface area contributed by atoms with E-state index in [2.05, 4.69) is 0 Å². The Balaban J connectivity index is 3.01. The van der Waals surface area contributed by atoms with Gasteiger partial charge in [0, 0.05) is 26.9 Å². The zero-order valence-corrected chi connectivity index (χ0v) is 7.06. The van der Waals surface area contributed by atoms with Crippen LogP contribution in [0.15, 0.2) is 0 Å². The summed E-state index contributed by atoms with van der Waals surface area (Å²) in [5.41, 5.74) is 0. The molecule has 2 nitrogen and oxygen atoms in total. The van der Waals surface area contributed by atoms with Crippen molar-refractivity contribution in [2.45, 2.75) is 12.7 Å². The van der Waals surface area contributed by atoms with Crippen LogP contribution in [0.5, 0.6) is 0 Å². The molecule has 6 heteroatoms. The van der Waals surface area contributed by atoms with E-state index >= 15 is 0 Å². The van der Waals surface area contributed by atoms with Crippen molar-refractivity contribution in [3.8, 4) is 0 Å². The molecular formula is C6H13BF3O2-. The van der Waals surface area contributed by atoms with E-state index in [0.29, 0.717) is 19.6 Å². The fourth-order valence-electron chi connectivity index (χ4n) is 0.624. The smallest absolute Gasteiger partial charge is 0.449 e. The van der Waals surface area contributed by atoms with Gasteiger partial charge in [-0.15, -0.1) is 0 Å². The van der Waals surface area contributed by atoms with Crippen LogP contribution in [-0.2, 0) is 9.47 Å². The second-order valence-corrected chi connectivity index (χ2v) is 2.46. The maximum absolute atomic E-state index is 11.6. The van der Waals surface area contributed by atoms with Gasteiger partial charge in [-0.25, -0.2) is 0 Å². The quantitative estimate of drug-likeness (QED) is 0.445. The van der Waals surface area contributed by atoms with Gasteiger partial charge in [0.15, 0.2) is 0 Å². The summed E-state index contributed by atoms with van der Waals surface area (Å²) in [6, 6.07) is 0. The van der Waals surface area contributed by atoms with E-state index in [-0.39, 0.29) is 6.61 Å². The molecular weight excluding hydrogens is 172 g/mol. The highest BCUT2D eigenvalue weighted by Crippen LogP contribution is 2.13. The highest BCUT2D eigenvalue weighted by molar-refractivity contribution is 6.58. The molecule has 0 amide bonds. The van der Waals surface area contributed by atoms with Crippen LogP contribution in [0.2, 0.25) is 6.32 Å². The van der Waals surface area contributed by atoms with Gasteiger partial charge in [-0.1, -0.05) is 6.32 Å². The van der Waals surface area contributed by atoms with Crippen LogP contribution in [0.25, 0.3) is 0 Å². The van der Waals surface area contributed by atoms with E-state index in [9.17, 15) is 12.9 Å². The Morgan fingerprint density at radius 1 is 1.08 bits per heavy atom. The first-order chi connectivity index (χ1) is 5.56. The van der Waals surface area contributed by atoms with Gasteiger partial charge in [0.1, 0.15) is 0 Å². The summed E-state index contributed by atoms with van der Waals surface area (Å²) in [5, 5.41) is 0. The third-order valence-electron chi connectivity index (χ3n) is 1.23. The molecule has 0 saturated carbocycles. The summed E-state index contributed by atoms with van der Waals surface area (Å²) in [4.78, 5) is 0. The second kappa shape index (κ2) is 6.31. The molecule has 0 unspecified atom stereocenters. The lowest BCUT2D eigenvalue weighted by Gasteiger charge is -2.12. The lowest BCUT2D eigenvalue weighted by molar-refractivity contribution is 0.108. The van der Waals surface area contributed by atoms with E-state index in [1.54, 1.807) is 7.11 Å². The highest BCUT2D eigenvalue weighted by atomic mass is 19.4. The normalized spacial score (nSPS) is 12.0. The second-order valence-electron chi connectivity index (χ2n) is 2.46. The van der Waals surface area contributed by atoms with Gasteiger partial charge in [-0.2, -0.15) is 0 Å². The van der Waals surface area contributed by atoms with Gasteiger partial charge in [0.25, 0.3) is 0 Å². The molecule has 0 saturated heterocycles. The molecule has 0 spiro atoms. The predicted octanol–water partition coefficient (Wildman–Crippen LogP) is 1.89. The Hall–Kier alpha value is -0.225. The van der Waals surface area contributed by atoms with Gasteiger partial charge >= 0.3 is 6.98 Å². The molecule has 0 radical (unpaired) electrons. The minimum Gasteiger partial charge on any atom is -0.449 e. The number of hydrogen-bond donors (Lipinski definition) is 0. The van der Waals surface area contributed by atoms with Crippen molar-refractivity contribution in [1.82, 2.24) is 0 Å². The van der Waals surface area contributed by atoms with Crippen LogP contribution in [0.4, 0.5) is 12.9 Å². The Labute approximate surface area is 70.1 Å². The molecule has 0 aliphatic rings. The van der Waals surface area contributed by atoms with Crippen LogP contribution < -0.4 is 0 Å². The third kappa shape index (κ3) is 9.77. The summed E-state index contributed by atoms with van der Waals surface area (Å²) in [6.07, 6.45) is -0.172. The molecule has 0 rings (SSSR count). The minimum atomic E-state index is -4.68. The average Bonchev–Trinajstić information content (AvgIpc) is 1.94. The summed E-state index contributed by atoms with van der Waals surface area (Å²) in [7, 11) is 1.54. The third-order valence-corrected chi connectivity index (χ3v) is 1.23. The molecule has 0 aromatic rings. The van der Waals surface area contributed by atoms with Crippen LogP contribution in [0.3, 0.4) is 0 Å². The standard InChI is InChI=1S/C6H13BF3O2/c1-11-4-2-5-12-6-3-7(8,9)10/h2-6H2,1H3/q-1. The number of hydrogen-bond acceptors (Lipinski definition) is 2. The number of rotatable bonds is 7. The predicted molar refractivity (Wildman–Crippen MR) is 41.2 cm³/mol. The monoisotopic (exact) mass is 185 g/mol. The first-order valence-electron chi connectivity index (χ1n) is 3.84. The molecule has 74 valence electrons. The van der Waals surface area contributed by atoms with Crippen molar-refractivity contribution in [1.29, 1.82) is 0 Å². The first-order valence-corrected chi connectivity index (χ1v) is 3.84. The van der Waals surface area contributed by atoms with E-state index in [1.165, 1.54) is 0 Å². The Morgan fingerprint density at radius 2 is 1.75 bits per heavy atom. The summed E-state index contributed by atoms with van der Waals surface area (Å²) >= 11 is 0. The fourth-order valence-corrected chi connectivity index (χ4v) is 0.624. The van der Waals surface area contributed by atoms with E-state index in [4.69, 9.17) is 9.47 Å². The van der Waals surface area contributed by atoms with Crippen molar-refractivity contribution in [2.24, 2.45) is 0 Å². The highest BCUT2D eigenvalue weighted by Gasteiger charge is 2.21. The van der Waals surface area contributed by atoms with Gasteiger partial charge in [-0.3, -0.25) is 0 Å². The minimum absolute atomic E-state index is 0.229. The lowest BCUT2D eigenvalue weighted by atomic mass is 9.87. The largest absolute Gasteiger partial charge is 0.480 e. The van der Waals surface area contributed by atoms with E-state index in [1.807, 2.05) is 0 Å². The molecule has 0 bridgehead atoms. The Morgan fingerprint density at radius 3 is 2.25 bits per heavy atom. The van der Waals surface area contributed by atoms with Gasteiger partial charge in [0.05, 0.1) is 0 Å². The van der Waals surface area contributed by atoms with Crippen molar-refractivity contribution < 1.29 is 22.4 Å². The maximum atomic E-state index is 11.6. The van der Waals surface area contributed by atoms with Crippen molar-refractivity contribution in [3.63, 3.8) is 0 Å². The summed E-state index contributed by atoms with van der Waals surface area (Å²) in [6.45, 7) is -4.05. The molecule has 0 aliphatic carbocycles. The van der Waals surface area contributed by atoms with E-state index < -0.39 is 13.3 Å². The zero-order chi connectivity index (χ0) is 9.45. The van der Waals surface area contributed by atoms with Crippen LogP contribution in [-0.4, -0.2) is 33.9 Å². The van der Waals surface area contributed by atoms with Crippen LogP contribution in [0, 0.1) is 0 Å². The number of ether oxygens (including phenoxy) is 2. The Kier molecular flexibility index (Phi) is 6.19. The van der Waals surface area contributed by atoms with Gasteiger partial charge in [0.2, 0.25) is 0 Å². The molecule has 0 aromatic carbocycles. The molecule has 12 heavy (non-hydrogen) atoms. The van der Waals surface area contributed by atoms with Crippen LogP contribution in [0.1, 0.15) is 6.42 Å². The van der Waals surface area contributed by atoms with Crippen molar-refractivity contribution >= 4 is 6.98 Å². The van der Waals surface area contributed by atoms with Crippen molar-refractivity contribution in [2.75, 3.05) is 26.9 Å². The topological polar surface area (TPSA) is 18.5 Å². The van der Waals surface area contributed by atoms with E-state index in [0.717, 1.165) is 0 Å². The molecule has 0 aromatic heterocycles. The lowest BCUT2D eigenvalue weighted by Crippen LogP contribution is -2.17. The number of methoxy groups -OCH3 is 1. The first kappa shape index (κ1) is 11.8. The summed E-state index contributed by atoms with van der Waals surface area (Å²) < 4.78 is 44.2. The molecule has 0 aliphatic heterocycles. The fraction of sp³-hybridized carbons (Fsp3) is 1.00. The Bertz CT molecular complexity index is 107. The SMILES string of the molecule is COCCCOCC[B-](F)(F)F. The maximum Gasteiger partial charge on any atom is 0.480 e. The van der Waals surface area contributed by atoms with Gasteiger partial charge in [-0.05, 0) is 6.42 Å². The average molecular weight is 185 g/mol. The van der Waals surface area contributed by atoms with Crippen LogP contribution >= 0.6 is 0 Å². The molecule has 0 N–H and O–H groups in total. The number of halogens is 3. The van der Waals surface area contributed by atoms with Crippen molar-refractivity contribution in [3.05, 3.63) is 0 Å². The summed E-state index contributed by atoms with van der Waals surface area (Å²) in [5.74, 6) is 0.